The first-order valence-electron chi connectivity index (χ1n) is 8.19. The zero-order valence-electron chi connectivity index (χ0n) is 15.3. The summed E-state index contributed by atoms with van der Waals surface area (Å²) in [5.74, 6) is 0.120. The molecule has 126 valence electrons. The van der Waals surface area contributed by atoms with Gasteiger partial charge in [0.15, 0.2) is 0 Å². The van der Waals surface area contributed by atoms with Crippen molar-refractivity contribution in [3.63, 3.8) is 0 Å². The molecule has 3 heteroatoms. The van der Waals surface area contributed by atoms with Crippen LogP contribution < -0.4 is 0 Å². The molecule has 3 nitrogen and oxygen atoms in total. The van der Waals surface area contributed by atoms with Gasteiger partial charge in [-0.2, -0.15) is 0 Å². The van der Waals surface area contributed by atoms with E-state index in [1.807, 2.05) is 25.1 Å². The van der Waals surface area contributed by atoms with Crippen LogP contribution in [-0.2, 0) is 20.4 Å². The summed E-state index contributed by atoms with van der Waals surface area (Å²) in [5.41, 5.74) is 3.08. The molecule has 1 saturated heterocycles. The number of rotatable bonds is 1. The zero-order valence-corrected chi connectivity index (χ0v) is 15.3. The Morgan fingerprint density at radius 3 is 1.91 bits per heavy atom. The monoisotopic (exact) mass is 316 g/mol. The molecule has 1 N–H and O–H groups in total. The molecule has 1 aromatic carbocycles. The molecule has 1 heterocycles. The third-order valence-corrected chi connectivity index (χ3v) is 4.17. The van der Waals surface area contributed by atoms with Gasteiger partial charge in [0.05, 0.1) is 0 Å². The van der Waals surface area contributed by atoms with Crippen LogP contribution in [0.4, 0.5) is 0 Å². The number of benzene rings is 1. The van der Waals surface area contributed by atoms with Crippen molar-refractivity contribution in [3.05, 3.63) is 34.4 Å². The molecular weight excluding hydrogens is 288 g/mol. The van der Waals surface area contributed by atoms with Crippen molar-refractivity contribution in [2.75, 3.05) is 0 Å². The number of ether oxygens (including phenoxy) is 1. The maximum atomic E-state index is 11.9. The van der Waals surface area contributed by atoms with Crippen LogP contribution in [0.1, 0.15) is 71.6 Å². The van der Waals surface area contributed by atoms with E-state index in [0.717, 1.165) is 16.7 Å². The Morgan fingerprint density at radius 2 is 1.57 bits per heavy atom. The number of hydrogen-bond donors (Lipinski definition) is 1. The Balaban J connectivity index is 2.61. The fraction of sp³-hybridized carbons (Fsp3) is 0.550. The van der Waals surface area contributed by atoms with Crippen LogP contribution in [0.2, 0.25) is 0 Å². The molecule has 2 rings (SSSR count). The molecule has 23 heavy (non-hydrogen) atoms. The highest BCUT2D eigenvalue weighted by Gasteiger charge is 2.28. The minimum atomic E-state index is -0.236. The van der Waals surface area contributed by atoms with E-state index in [1.54, 1.807) is 0 Å². The van der Waals surface area contributed by atoms with Gasteiger partial charge in [-0.3, -0.25) is 0 Å². The SMILES string of the molecule is CC1C/C(=C/c2cc(C(C)(C)C)c(O)c(C(C)(C)C)c2)C(=O)O1. The molecule has 0 aliphatic carbocycles. The molecule has 1 atom stereocenters. The lowest BCUT2D eigenvalue weighted by atomic mass is 9.78. The van der Waals surface area contributed by atoms with E-state index in [1.165, 1.54) is 0 Å². The normalized spacial score (nSPS) is 20.9. The minimum Gasteiger partial charge on any atom is -0.507 e. The maximum Gasteiger partial charge on any atom is 0.334 e. The third kappa shape index (κ3) is 3.77. The lowest BCUT2D eigenvalue weighted by Crippen LogP contribution is -2.17. The quantitative estimate of drug-likeness (QED) is 0.603. The molecule has 0 spiro atoms. The number of esters is 1. The highest BCUT2D eigenvalue weighted by atomic mass is 16.5. The van der Waals surface area contributed by atoms with Crippen molar-refractivity contribution in [2.45, 2.75) is 71.8 Å². The Kier molecular flexibility index (Phi) is 4.36. The molecule has 1 aliphatic heterocycles. The van der Waals surface area contributed by atoms with Gasteiger partial charge in [-0.15, -0.1) is 0 Å². The summed E-state index contributed by atoms with van der Waals surface area (Å²) in [6.45, 7) is 14.4. The Hall–Kier alpha value is -1.77. The average molecular weight is 316 g/mol. The van der Waals surface area contributed by atoms with E-state index >= 15 is 0 Å². The van der Waals surface area contributed by atoms with Gasteiger partial charge >= 0.3 is 5.97 Å². The standard InChI is InChI=1S/C20H28O3/c1-12-8-14(18(22)23-12)9-13-10-15(19(2,3)4)17(21)16(11-13)20(5,6)7/h9-12,21H,8H2,1-7H3/b14-9-. The van der Waals surface area contributed by atoms with Crippen LogP contribution in [0.5, 0.6) is 5.75 Å². The number of phenols is 1. The second kappa shape index (κ2) is 5.70. The topological polar surface area (TPSA) is 46.5 Å². The largest absolute Gasteiger partial charge is 0.507 e. The Morgan fingerprint density at radius 1 is 1.09 bits per heavy atom. The molecule has 1 aromatic rings. The predicted octanol–water partition coefficient (Wildman–Crippen LogP) is 4.71. The van der Waals surface area contributed by atoms with Crippen LogP contribution in [0.15, 0.2) is 17.7 Å². The molecule has 1 aliphatic rings. The molecule has 0 saturated carbocycles. The first-order chi connectivity index (χ1) is 10.4. The van der Waals surface area contributed by atoms with Crippen LogP contribution in [-0.4, -0.2) is 17.2 Å². The third-order valence-electron chi connectivity index (χ3n) is 4.17. The average Bonchev–Trinajstić information content (AvgIpc) is 2.67. The lowest BCUT2D eigenvalue weighted by Gasteiger charge is -2.28. The lowest BCUT2D eigenvalue weighted by molar-refractivity contribution is -0.138. The second-order valence-corrected chi connectivity index (χ2v) is 8.55. The first-order valence-corrected chi connectivity index (χ1v) is 8.19. The van der Waals surface area contributed by atoms with Gasteiger partial charge in [-0.05, 0) is 41.5 Å². The molecule has 0 radical (unpaired) electrons. The summed E-state index contributed by atoms with van der Waals surface area (Å²) < 4.78 is 5.21. The van der Waals surface area contributed by atoms with E-state index in [-0.39, 0.29) is 22.9 Å². The van der Waals surface area contributed by atoms with E-state index < -0.39 is 0 Å². The van der Waals surface area contributed by atoms with Crippen LogP contribution in [0.3, 0.4) is 0 Å². The van der Waals surface area contributed by atoms with Gasteiger partial charge in [-0.1, -0.05) is 41.5 Å². The molecule has 0 aromatic heterocycles. The molecule has 1 unspecified atom stereocenters. The van der Waals surface area contributed by atoms with E-state index in [4.69, 9.17) is 4.74 Å². The Bertz CT molecular complexity index is 619. The van der Waals surface area contributed by atoms with Crippen LogP contribution in [0, 0.1) is 0 Å². The number of carbonyl (C=O) groups is 1. The van der Waals surface area contributed by atoms with Crippen molar-refractivity contribution < 1.29 is 14.6 Å². The molecular formula is C20H28O3. The summed E-state index contributed by atoms with van der Waals surface area (Å²) in [6.07, 6.45) is 2.47. The van der Waals surface area contributed by atoms with E-state index in [9.17, 15) is 9.90 Å². The number of aromatic hydroxyl groups is 1. The summed E-state index contributed by atoms with van der Waals surface area (Å²) in [7, 11) is 0. The van der Waals surface area contributed by atoms with Crippen LogP contribution in [0.25, 0.3) is 6.08 Å². The molecule has 0 amide bonds. The maximum absolute atomic E-state index is 11.9. The van der Waals surface area contributed by atoms with Gasteiger partial charge in [-0.25, -0.2) is 4.79 Å². The summed E-state index contributed by atoms with van der Waals surface area (Å²) in [4.78, 5) is 11.9. The number of carbonyl (C=O) groups excluding carboxylic acids is 1. The first kappa shape index (κ1) is 17.6. The fourth-order valence-electron chi connectivity index (χ4n) is 2.90. The van der Waals surface area contributed by atoms with Gasteiger partial charge in [0, 0.05) is 23.1 Å². The van der Waals surface area contributed by atoms with Crippen molar-refractivity contribution in [3.8, 4) is 5.75 Å². The highest BCUT2D eigenvalue weighted by molar-refractivity contribution is 5.95. The van der Waals surface area contributed by atoms with E-state index in [0.29, 0.717) is 17.7 Å². The molecule has 0 bridgehead atoms. The van der Waals surface area contributed by atoms with Crippen LogP contribution >= 0.6 is 0 Å². The van der Waals surface area contributed by atoms with Crippen molar-refractivity contribution >= 4 is 12.0 Å². The Labute approximate surface area is 139 Å². The van der Waals surface area contributed by atoms with Gasteiger partial charge < -0.3 is 9.84 Å². The van der Waals surface area contributed by atoms with Crippen molar-refractivity contribution in [1.29, 1.82) is 0 Å². The fourth-order valence-corrected chi connectivity index (χ4v) is 2.90. The second-order valence-electron chi connectivity index (χ2n) is 8.55. The highest BCUT2D eigenvalue weighted by Crippen LogP contribution is 2.40. The number of hydrogen-bond acceptors (Lipinski definition) is 3. The van der Waals surface area contributed by atoms with E-state index in [2.05, 4.69) is 41.5 Å². The predicted molar refractivity (Wildman–Crippen MR) is 93.7 cm³/mol. The van der Waals surface area contributed by atoms with Gasteiger partial charge in [0.2, 0.25) is 0 Å². The smallest absolute Gasteiger partial charge is 0.334 e. The van der Waals surface area contributed by atoms with Crippen molar-refractivity contribution in [2.24, 2.45) is 0 Å². The number of cyclic esters (lactones) is 1. The number of phenolic OH excluding ortho intramolecular Hbond substituents is 1. The van der Waals surface area contributed by atoms with Crippen molar-refractivity contribution in [1.82, 2.24) is 0 Å². The minimum absolute atomic E-state index is 0.0601. The summed E-state index contributed by atoms with van der Waals surface area (Å²) >= 11 is 0. The van der Waals surface area contributed by atoms with Gasteiger partial charge in [0.25, 0.3) is 0 Å². The summed E-state index contributed by atoms with van der Waals surface area (Å²) in [5, 5.41) is 10.7. The summed E-state index contributed by atoms with van der Waals surface area (Å²) in [6, 6.07) is 3.96. The molecule has 1 fully saturated rings. The van der Waals surface area contributed by atoms with Gasteiger partial charge in [0.1, 0.15) is 11.9 Å². The zero-order chi connectivity index (χ0) is 17.6.